The number of hydrogen-bond acceptors (Lipinski definition) is 3. The second-order valence-corrected chi connectivity index (χ2v) is 5.43. The van der Waals surface area contributed by atoms with Crippen molar-refractivity contribution in [3.8, 4) is 0 Å². The van der Waals surface area contributed by atoms with Crippen LogP contribution in [-0.2, 0) is 0 Å². The van der Waals surface area contributed by atoms with E-state index in [-0.39, 0.29) is 0 Å². The third kappa shape index (κ3) is 4.20. The molecule has 2 N–H and O–H groups in total. The van der Waals surface area contributed by atoms with Crippen molar-refractivity contribution in [2.24, 2.45) is 0 Å². The highest BCUT2D eigenvalue weighted by molar-refractivity contribution is 7.99. The summed E-state index contributed by atoms with van der Waals surface area (Å²) in [6.45, 7) is 3.53. The van der Waals surface area contributed by atoms with Crippen LogP contribution in [0.1, 0.15) is 39.0 Å². The van der Waals surface area contributed by atoms with Gasteiger partial charge in [0.15, 0.2) is 0 Å². The van der Waals surface area contributed by atoms with Crippen molar-refractivity contribution >= 4 is 11.8 Å². The van der Waals surface area contributed by atoms with Gasteiger partial charge in [0.05, 0.1) is 0 Å². The molecule has 84 valence electrons. The van der Waals surface area contributed by atoms with Gasteiger partial charge in [-0.2, -0.15) is 11.8 Å². The highest BCUT2D eigenvalue weighted by Crippen LogP contribution is 2.28. The van der Waals surface area contributed by atoms with Gasteiger partial charge in [-0.1, -0.05) is 19.8 Å². The third-order valence-corrected chi connectivity index (χ3v) is 4.15. The van der Waals surface area contributed by atoms with Gasteiger partial charge in [0.2, 0.25) is 0 Å². The van der Waals surface area contributed by atoms with Crippen LogP contribution >= 0.6 is 11.8 Å². The second kappa shape index (κ2) is 7.55. The molecule has 0 aromatic carbocycles. The summed E-state index contributed by atoms with van der Waals surface area (Å²) in [5.41, 5.74) is 0. The molecule has 3 heteroatoms. The molecule has 0 amide bonds. The van der Waals surface area contributed by atoms with Gasteiger partial charge in [0.25, 0.3) is 0 Å². The first-order chi connectivity index (χ1) is 6.88. The molecule has 2 unspecified atom stereocenters. The minimum absolute atomic E-state index is 0.311. The molecular formula is C11H23NOS. The molecule has 0 saturated heterocycles. The largest absolute Gasteiger partial charge is 0.396 e. The molecule has 2 atom stereocenters. The molecule has 0 radical (unpaired) electrons. The Bertz CT molecular complexity index is 141. The summed E-state index contributed by atoms with van der Waals surface area (Å²) in [5.74, 6) is 1.23. The summed E-state index contributed by atoms with van der Waals surface area (Å²) >= 11 is 2.09. The van der Waals surface area contributed by atoms with Crippen LogP contribution in [0.25, 0.3) is 0 Å². The van der Waals surface area contributed by atoms with E-state index in [0.29, 0.717) is 12.6 Å². The van der Waals surface area contributed by atoms with Crippen molar-refractivity contribution in [1.82, 2.24) is 5.32 Å². The Labute approximate surface area is 91.9 Å². The Morgan fingerprint density at radius 2 is 2.14 bits per heavy atom. The molecule has 1 saturated carbocycles. The molecule has 1 rings (SSSR count). The lowest BCUT2D eigenvalue weighted by Gasteiger charge is -2.31. The smallest absolute Gasteiger partial charge is 0.0443 e. The summed E-state index contributed by atoms with van der Waals surface area (Å²) in [4.78, 5) is 0. The molecule has 1 aliphatic rings. The lowest BCUT2D eigenvalue weighted by molar-refractivity contribution is 0.278. The molecule has 0 spiro atoms. The highest BCUT2D eigenvalue weighted by atomic mass is 32.2. The van der Waals surface area contributed by atoms with Gasteiger partial charge < -0.3 is 10.4 Å². The normalized spacial score (nSPS) is 27.9. The van der Waals surface area contributed by atoms with Gasteiger partial charge in [0.1, 0.15) is 0 Å². The Morgan fingerprint density at radius 1 is 1.36 bits per heavy atom. The van der Waals surface area contributed by atoms with Crippen LogP contribution < -0.4 is 5.32 Å². The Kier molecular flexibility index (Phi) is 6.65. The van der Waals surface area contributed by atoms with Crippen LogP contribution in [0.3, 0.4) is 0 Å². The predicted molar refractivity (Wildman–Crippen MR) is 63.9 cm³/mol. The standard InChI is InChI=1S/C11H23NOS/c1-2-14-11-7-4-3-6-10(11)12-8-5-9-13/h10-13H,2-9H2,1H3. The number of aliphatic hydroxyl groups excluding tert-OH is 1. The molecule has 2 nitrogen and oxygen atoms in total. The summed E-state index contributed by atoms with van der Waals surface area (Å²) in [6, 6.07) is 0.695. The number of thioether (sulfide) groups is 1. The fraction of sp³-hybridized carbons (Fsp3) is 1.00. The van der Waals surface area contributed by atoms with Gasteiger partial charge in [0, 0.05) is 17.9 Å². The van der Waals surface area contributed by atoms with E-state index < -0.39 is 0 Å². The monoisotopic (exact) mass is 217 g/mol. The average Bonchev–Trinajstić information content (AvgIpc) is 2.21. The predicted octanol–water partition coefficient (Wildman–Crippen LogP) is 2.02. The van der Waals surface area contributed by atoms with Crippen LogP contribution in [0.2, 0.25) is 0 Å². The van der Waals surface area contributed by atoms with E-state index in [1.165, 1.54) is 31.4 Å². The van der Waals surface area contributed by atoms with E-state index in [9.17, 15) is 0 Å². The minimum atomic E-state index is 0.311. The van der Waals surface area contributed by atoms with Crippen molar-refractivity contribution in [2.75, 3.05) is 18.9 Å². The maximum Gasteiger partial charge on any atom is 0.0443 e. The Balaban J connectivity index is 2.22. The molecule has 14 heavy (non-hydrogen) atoms. The Hall–Kier alpha value is 0.270. The van der Waals surface area contributed by atoms with Crippen LogP contribution in [0.4, 0.5) is 0 Å². The first-order valence-electron chi connectivity index (χ1n) is 5.84. The summed E-state index contributed by atoms with van der Waals surface area (Å²) < 4.78 is 0. The van der Waals surface area contributed by atoms with Gasteiger partial charge in [-0.25, -0.2) is 0 Å². The number of nitrogens with one attached hydrogen (secondary N) is 1. The molecule has 0 aliphatic heterocycles. The number of rotatable bonds is 6. The highest BCUT2D eigenvalue weighted by Gasteiger charge is 2.23. The lowest BCUT2D eigenvalue weighted by atomic mass is 9.95. The molecule has 1 fully saturated rings. The van der Waals surface area contributed by atoms with Gasteiger partial charge in [-0.3, -0.25) is 0 Å². The van der Waals surface area contributed by atoms with Crippen molar-refractivity contribution < 1.29 is 5.11 Å². The van der Waals surface area contributed by atoms with E-state index in [1.54, 1.807) is 0 Å². The second-order valence-electron chi connectivity index (χ2n) is 3.92. The van der Waals surface area contributed by atoms with Crippen molar-refractivity contribution in [2.45, 2.75) is 50.3 Å². The zero-order valence-corrected chi connectivity index (χ0v) is 9.98. The molecular weight excluding hydrogens is 194 g/mol. The number of hydrogen-bond donors (Lipinski definition) is 2. The van der Waals surface area contributed by atoms with Crippen LogP contribution in [0.5, 0.6) is 0 Å². The first-order valence-corrected chi connectivity index (χ1v) is 6.89. The summed E-state index contributed by atoms with van der Waals surface area (Å²) in [6.07, 6.45) is 6.35. The van der Waals surface area contributed by atoms with E-state index in [4.69, 9.17) is 5.11 Å². The van der Waals surface area contributed by atoms with Crippen molar-refractivity contribution in [1.29, 1.82) is 0 Å². The van der Waals surface area contributed by atoms with E-state index in [0.717, 1.165) is 18.2 Å². The molecule has 0 bridgehead atoms. The third-order valence-electron chi connectivity index (χ3n) is 2.82. The quantitative estimate of drug-likeness (QED) is 0.668. The fourth-order valence-electron chi connectivity index (χ4n) is 2.11. The SMILES string of the molecule is CCSC1CCCCC1NCCCO. The molecule has 1 aliphatic carbocycles. The van der Waals surface area contributed by atoms with Crippen molar-refractivity contribution in [3.63, 3.8) is 0 Å². The topological polar surface area (TPSA) is 32.3 Å². The summed E-state index contributed by atoms with van der Waals surface area (Å²) in [7, 11) is 0. The van der Waals surface area contributed by atoms with Crippen LogP contribution in [-0.4, -0.2) is 35.3 Å². The van der Waals surface area contributed by atoms with Gasteiger partial charge in [-0.05, 0) is 31.6 Å². The van der Waals surface area contributed by atoms with E-state index in [2.05, 4.69) is 24.0 Å². The lowest BCUT2D eigenvalue weighted by Crippen LogP contribution is -2.41. The fourth-order valence-corrected chi connectivity index (χ4v) is 3.34. The van der Waals surface area contributed by atoms with Gasteiger partial charge >= 0.3 is 0 Å². The van der Waals surface area contributed by atoms with E-state index in [1.807, 2.05) is 0 Å². The maximum absolute atomic E-state index is 8.72. The van der Waals surface area contributed by atoms with Crippen molar-refractivity contribution in [3.05, 3.63) is 0 Å². The zero-order valence-electron chi connectivity index (χ0n) is 9.17. The van der Waals surface area contributed by atoms with Crippen LogP contribution in [0, 0.1) is 0 Å². The van der Waals surface area contributed by atoms with E-state index >= 15 is 0 Å². The first kappa shape index (κ1) is 12.3. The average molecular weight is 217 g/mol. The van der Waals surface area contributed by atoms with Crippen LogP contribution in [0.15, 0.2) is 0 Å². The zero-order chi connectivity index (χ0) is 10.2. The Morgan fingerprint density at radius 3 is 2.86 bits per heavy atom. The molecule has 0 aromatic heterocycles. The minimum Gasteiger partial charge on any atom is -0.396 e. The summed E-state index contributed by atoms with van der Waals surface area (Å²) in [5, 5.41) is 13.1. The maximum atomic E-state index is 8.72. The molecule has 0 heterocycles. The number of aliphatic hydroxyl groups is 1. The van der Waals surface area contributed by atoms with Gasteiger partial charge in [-0.15, -0.1) is 0 Å². The molecule has 0 aromatic rings.